The van der Waals surface area contributed by atoms with Gasteiger partial charge in [0.05, 0.1) is 18.2 Å². The normalized spacial score (nSPS) is 15.7. The highest BCUT2D eigenvalue weighted by Gasteiger charge is 2.31. The van der Waals surface area contributed by atoms with Crippen molar-refractivity contribution >= 4 is 11.7 Å². The van der Waals surface area contributed by atoms with Crippen molar-refractivity contribution in [2.24, 2.45) is 13.0 Å². The quantitative estimate of drug-likeness (QED) is 0.568. The van der Waals surface area contributed by atoms with Crippen molar-refractivity contribution in [3.8, 4) is 22.8 Å². The number of hydrogen-bond donors (Lipinski definition) is 0. The van der Waals surface area contributed by atoms with E-state index in [1.165, 1.54) is 4.68 Å². The number of carbonyl (C=O) groups is 1. The Morgan fingerprint density at radius 2 is 1.87 bits per heavy atom. The molecule has 0 bridgehead atoms. The van der Waals surface area contributed by atoms with E-state index in [2.05, 4.69) is 5.10 Å². The lowest BCUT2D eigenvalue weighted by Crippen LogP contribution is -2.28. The lowest BCUT2D eigenvalue weighted by molar-refractivity contribution is -0.147. The van der Waals surface area contributed by atoms with Gasteiger partial charge in [-0.05, 0) is 37.6 Å². The van der Waals surface area contributed by atoms with Crippen molar-refractivity contribution in [2.45, 2.75) is 13.3 Å². The largest absolute Gasteiger partial charge is 0.466 e. The Balaban J connectivity index is 1.73. The second kappa shape index (κ2) is 9.04. The number of hydrogen-bond acceptors (Lipinski definition) is 6. The van der Waals surface area contributed by atoms with Gasteiger partial charge in [0.15, 0.2) is 0 Å². The summed E-state index contributed by atoms with van der Waals surface area (Å²) in [5.74, 6) is 0.941. The van der Waals surface area contributed by atoms with Crippen LogP contribution in [0.2, 0.25) is 0 Å². The van der Waals surface area contributed by atoms with Crippen LogP contribution in [-0.2, 0) is 16.6 Å². The Bertz CT molecular complexity index is 1130. The molecule has 1 saturated heterocycles. The van der Waals surface area contributed by atoms with Crippen LogP contribution in [0.25, 0.3) is 11.3 Å². The molecule has 160 valence electrons. The smallest absolute Gasteiger partial charge is 0.310 e. The molecule has 0 spiro atoms. The van der Waals surface area contributed by atoms with Gasteiger partial charge in [-0.1, -0.05) is 30.3 Å². The first-order valence-corrected chi connectivity index (χ1v) is 10.4. The fourth-order valence-electron chi connectivity index (χ4n) is 3.76. The standard InChI is InChI=1S/C24H25N3O4/c1-3-30-24(29)17-13-14-27(16-17)20-15-22(28)26(2)25-23(20)19-11-7-8-12-21(19)31-18-9-5-4-6-10-18/h4-12,15,17H,3,13-14,16H2,1-2H3. The van der Waals surface area contributed by atoms with Crippen molar-refractivity contribution in [3.63, 3.8) is 0 Å². The molecule has 1 aromatic heterocycles. The van der Waals surface area contributed by atoms with E-state index >= 15 is 0 Å². The van der Waals surface area contributed by atoms with Crippen molar-refractivity contribution in [3.05, 3.63) is 71.0 Å². The molecule has 0 amide bonds. The molecule has 31 heavy (non-hydrogen) atoms. The van der Waals surface area contributed by atoms with E-state index in [1.807, 2.05) is 59.5 Å². The zero-order valence-electron chi connectivity index (χ0n) is 17.7. The number of esters is 1. The number of benzene rings is 2. The Kier molecular flexibility index (Phi) is 6.02. The number of aryl methyl sites for hydroxylation is 1. The van der Waals surface area contributed by atoms with Gasteiger partial charge in [-0.3, -0.25) is 9.59 Å². The summed E-state index contributed by atoms with van der Waals surface area (Å²) in [5.41, 5.74) is 1.90. The minimum Gasteiger partial charge on any atom is -0.466 e. The topological polar surface area (TPSA) is 73.7 Å². The minimum absolute atomic E-state index is 0.198. The summed E-state index contributed by atoms with van der Waals surface area (Å²) in [6, 6.07) is 18.7. The maximum Gasteiger partial charge on any atom is 0.310 e. The average molecular weight is 419 g/mol. The predicted molar refractivity (Wildman–Crippen MR) is 118 cm³/mol. The number of anilines is 1. The van der Waals surface area contributed by atoms with Gasteiger partial charge in [0, 0.05) is 31.8 Å². The van der Waals surface area contributed by atoms with E-state index in [4.69, 9.17) is 9.47 Å². The average Bonchev–Trinajstić information content (AvgIpc) is 3.27. The van der Waals surface area contributed by atoms with Gasteiger partial charge in [0.1, 0.15) is 17.2 Å². The van der Waals surface area contributed by atoms with Gasteiger partial charge in [0.25, 0.3) is 5.56 Å². The fourth-order valence-corrected chi connectivity index (χ4v) is 3.76. The van der Waals surface area contributed by atoms with Crippen LogP contribution in [0, 0.1) is 5.92 Å². The number of carbonyl (C=O) groups excluding carboxylic acids is 1. The fraction of sp³-hybridized carbons (Fsp3) is 0.292. The Morgan fingerprint density at radius 3 is 2.65 bits per heavy atom. The van der Waals surface area contributed by atoms with E-state index in [1.54, 1.807) is 20.0 Å². The third-order valence-electron chi connectivity index (χ3n) is 5.33. The van der Waals surface area contributed by atoms with Crippen LogP contribution in [-0.4, -0.2) is 35.4 Å². The summed E-state index contributed by atoms with van der Waals surface area (Å²) >= 11 is 0. The highest BCUT2D eigenvalue weighted by molar-refractivity contribution is 5.80. The Morgan fingerprint density at radius 1 is 1.13 bits per heavy atom. The highest BCUT2D eigenvalue weighted by atomic mass is 16.5. The molecular formula is C24H25N3O4. The first kappa shape index (κ1) is 20.7. The number of para-hydroxylation sites is 2. The molecule has 2 heterocycles. The molecule has 3 aromatic rings. The summed E-state index contributed by atoms with van der Waals surface area (Å²) in [5, 5.41) is 4.56. The first-order chi connectivity index (χ1) is 15.1. The molecule has 0 saturated carbocycles. The third kappa shape index (κ3) is 4.45. The van der Waals surface area contributed by atoms with Crippen LogP contribution in [0.1, 0.15) is 13.3 Å². The SMILES string of the molecule is CCOC(=O)C1CCN(c2cc(=O)n(C)nc2-c2ccccc2Oc2ccccc2)C1. The first-order valence-electron chi connectivity index (χ1n) is 10.4. The summed E-state index contributed by atoms with van der Waals surface area (Å²) in [6.07, 6.45) is 0.676. The molecular weight excluding hydrogens is 394 g/mol. The van der Waals surface area contributed by atoms with E-state index in [0.29, 0.717) is 49.0 Å². The van der Waals surface area contributed by atoms with Crippen LogP contribution in [0.4, 0.5) is 5.69 Å². The summed E-state index contributed by atoms with van der Waals surface area (Å²) in [7, 11) is 1.63. The molecule has 1 aliphatic rings. The molecule has 0 aliphatic carbocycles. The number of nitrogens with zero attached hydrogens (tertiary/aromatic N) is 3. The van der Waals surface area contributed by atoms with Crippen LogP contribution in [0.3, 0.4) is 0 Å². The summed E-state index contributed by atoms with van der Waals surface area (Å²) < 4.78 is 12.6. The number of ether oxygens (including phenoxy) is 2. The van der Waals surface area contributed by atoms with Crippen molar-refractivity contribution in [2.75, 3.05) is 24.6 Å². The zero-order chi connectivity index (χ0) is 21.8. The van der Waals surface area contributed by atoms with Crippen molar-refractivity contribution in [1.29, 1.82) is 0 Å². The minimum atomic E-state index is -0.215. The maximum atomic E-state index is 12.4. The molecule has 1 atom stereocenters. The lowest BCUT2D eigenvalue weighted by atomic mass is 10.1. The monoisotopic (exact) mass is 419 g/mol. The molecule has 1 aliphatic heterocycles. The third-order valence-corrected chi connectivity index (χ3v) is 5.33. The van der Waals surface area contributed by atoms with Gasteiger partial charge in [-0.2, -0.15) is 5.10 Å². The maximum absolute atomic E-state index is 12.4. The molecule has 1 unspecified atom stereocenters. The van der Waals surface area contributed by atoms with Gasteiger partial charge >= 0.3 is 5.97 Å². The second-order valence-corrected chi connectivity index (χ2v) is 7.43. The molecule has 0 radical (unpaired) electrons. The van der Waals surface area contributed by atoms with Crippen LogP contribution >= 0.6 is 0 Å². The number of aromatic nitrogens is 2. The molecule has 7 nitrogen and oxygen atoms in total. The van der Waals surface area contributed by atoms with Gasteiger partial charge in [0.2, 0.25) is 0 Å². The Hall–Kier alpha value is -3.61. The van der Waals surface area contributed by atoms with Crippen molar-refractivity contribution < 1.29 is 14.3 Å². The van der Waals surface area contributed by atoms with Crippen LogP contribution in [0.5, 0.6) is 11.5 Å². The van der Waals surface area contributed by atoms with E-state index in [-0.39, 0.29) is 17.4 Å². The Labute approximate surface area is 180 Å². The van der Waals surface area contributed by atoms with E-state index in [9.17, 15) is 9.59 Å². The lowest BCUT2D eigenvalue weighted by Gasteiger charge is -2.22. The summed E-state index contributed by atoms with van der Waals surface area (Å²) in [6.45, 7) is 3.30. The summed E-state index contributed by atoms with van der Waals surface area (Å²) in [4.78, 5) is 26.7. The van der Waals surface area contributed by atoms with Gasteiger partial charge < -0.3 is 14.4 Å². The molecule has 2 aromatic carbocycles. The van der Waals surface area contributed by atoms with Gasteiger partial charge in [-0.15, -0.1) is 0 Å². The zero-order valence-corrected chi connectivity index (χ0v) is 17.7. The molecule has 7 heteroatoms. The second-order valence-electron chi connectivity index (χ2n) is 7.43. The van der Waals surface area contributed by atoms with Crippen molar-refractivity contribution in [1.82, 2.24) is 9.78 Å². The van der Waals surface area contributed by atoms with Gasteiger partial charge in [-0.25, -0.2) is 4.68 Å². The van der Waals surface area contributed by atoms with E-state index < -0.39 is 0 Å². The number of rotatable bonds is 6. The molecule has 0 N–H and O–H groups in total. The van der Waals surface area contributed by atoms with E-state index in [0.717, 1.165) is 5.56 Å². The van der Waals surface area contributed by atoms with Crippen LogP contribution < -0.4 is 15.2 Å². The highest BCUT2D eigenvalue weighted by Crippen LogP contribution is 2.38. The molecule has 1 fully saturated rings. The predicted octanol–water partition coefficient (Wildman–Crippen LogP) is 3.63. The molecule has 4 rings (SSSR count). The van der Waals surface area contributed by atoms with Crippen LogP contribution in [0.15, 0.2) is 65.5 Å².